The lowest BCUT2D eigenvalue weighted by Crippen LogP contribution is -2.57. The number of aliphatic hydroxyl groups excluding tert-OH is 1. The van der Waals surface area contributed by atoms with E-state index >= 15 is 0 Å². The molecule has 5 atom stereocenters. The number of benzene rings is 2. The van der Waals surface area contributed by atoms with E-state index in [2.05, 4.69) is 13.2 Å². The first kappa shape index (κ1) is 29.7. The predicted molar refractivity (Wildman–Crippen MR) is 163 cm³/mol. The van der Waals surface area contributed by atoms with Crippen molar-refractivity contribution >= 4 is 29.1 Å². The summed E-state index contributed by atoms with van der Waals surface area (Å²) in [6.45, 7) is 13.8. The minimum Gasteiger partial charge on any atom is -0.395 e. The van der Waals surface area contributed by atoms with Gasteiger partial charge < -0.3 is 24.5 Å². The highest BCUT2D eigenvalue weighted by molar-refractivity contribution is 6.07. The minimum atomic E-state index is -1.19. The molecule has 0 aliphatic carbocycles. The molecule has 3 amide bonds. The van der Waals surface area contributed by atoms with Crippen LogP contribution in [0.5, 0.6) is 0 Å². The van der Waals surface area contributed by atoms with Gasteiger partial charge in [-0.15, -0.1) is 13.2 Å². The molecule has 1 N–H and O–H groups in total. The largest absolute Gasteiger partial charge is 0.395 e. The summed E-state index contributed by atoms with van der Waals surface area (Å²) < 4.78 is 6.93. The Labute approximate surface area is 248 Å². The molecule has 2 unspecified atom stereocenters. The second kappa shape index (κ2) is 11.5. The van der Waals surface area contributed by atoms with Gasteiger partial charge in [0.25, 0.3) is 5.91 Å². The minimum absolute atomic E-state index is 0.0272. The fourth-order valence-corrected chi connectivity index (χ4v) is 7.75. The van der Waals surface area contributed by atoms with E-state index in [0.717, 1.165) is 16.8 Å². The van der Waals surface area contributed by atoms with Gasteiger partial charge in [-0.1, -0.05) is 55.5 Å². The van der Waals surface area contributed by atoms with Crippen LogP contribution in [-0.2, 0) is 19.1 Å². The number of likely N-dealkylation sites (tertiary alicyclic amines) is 1. The van der Waals surface area contributed by atoms with Crippen molar-refractivity contribution in [3.05, 3.63) is 85.0 Å². The van der Waals surface area contributed by atoms with Gasteiger partial charge >= 0.3 is 0 Å². The van der Waals surface area contributed by atoms with Crippen LogP contribution in [0.1, 0.15) is 37.3 Å². The molecule has 3 fully saturated rings. The molecule has 3 heterocycles. The third-order valence-electron chi connectivity index (χ3n) is 9.45. The van der Waals surface area contributed by atoms with Gasteiger partial charge in [0.15, 0.2) is 0 Å². The first-order valence-electron chi connectivity index (χ1n) is 14.8. The smallest absolute Gasteiger partial charge is 0.253 e. The number of hydrogen-bond acceptors (Lipinski definition) is 5. The van der Waals surface area contributed by atoms with E-state index in [1.54, 1.807) is 22.0 Å². The van der Waals surface area contributed by atoms with Gasteiger partial charge in [0.05, 0.1) is 24.0 Å². The molecule has 8 nitrogen and oxygen atoms in total. The molecule has 2 bridgehead atoms. The maximum Gasteiger partial charge on any atom is 0.253 e. The average molecular weight is 572 g/mol. The number of ether oxygens (including phenoxy) is 1. The van der Waals surface area contributed by atoms with Gasteiger partial charge in [-0.05, 0) is 56.4 Å². The summed E-state index contributed by atoms with van der Waals surface area (Å²) in [4.78, 5) is 48.4. The van der Waals surface area contributed by atoms with Gasteiger partial charge in [0, 0.05) is 31.0 Å². The molecule has 0 saturated carbocycles. The van der Waals surface area contributed by atoms with Gasteiger partial charge in [-0.2, -0.15) is 0 Å². The van der Waals surface area contributed by atoms with Gasteiger partial charge in [0.1, 0.15) is 11.6 Å². The highest BCUT2D eigenvalue weighted by Crippen LogP contribution is 2.64. The Bertz CT molecular complexity index is 1370. The number of nitrogens with zero attached hydrogens (tertiary/aromatic N) is 3. The van der Waals surface area contributed by atoms with Crippen LogP contribution in [0.3, 0.4) is 0 Å². The highest BCUT2D eigenvalue weighted by atomic mass is 16.5. The lowest BCUT2D eigenvalue weighted by molar-refractivity contribution is -0.146. The molecule has 5 rings (SSSR count). The molecule has 222 valence electrons. The normalized spacial score (nSPS) is 27.6. The van der Waals surface area contributed by atoms with Gasteiger partial charge in [-0.3, -0.25) is 14.4 Å². The lowest BCUT2D eigenvalue weighted by Gasteiger charge is -2.37. The molecule has 2 aromatic carbocycles. The molecule has 3 aliphatic heterocycles. The summed E-state index contributed by atoms with van der Waals surface area (Å²) in [5.41, 5.74) is 1.27. The van der Waals surface area contributed by atoms with Gasteiger partial charge in [-0.25, -0.2) is 0 Å². The third-order valence-corrected chi connectivity index (χ3v) is 9.45. The van der Waals surface area contributed by atoms with E-state index in [9.17, 15) is 19.5 Å². The average Bonchev–Trinajstić information content (AvgIpc) is 3.59. The number of aliphatic hydroxyl groups is 1. The van der Waals surface area contributed by atoms with E-state index in [4.69, 9.17) is 4.74 Å². The maximum atomic E-state index is 14.7. The zero-order valence-electron chi connectivity index (χ0n) is 24.8. The molecule has 3 saturated heterocycles. The number of anilines is 2. The van der Waals surface area contributed by atoms with Crippen LogP contribution in [0.4, 0.5) is 11.4 Å². The number of hydrogen-bond donors (Lipinski definition) is 1. The molecular formula is C34H41N3O5. The van der Waals surface area contributed by atoms with Crippen LogP contribution >= 0.6 is 0 Å². The third kappa shape index (κ3) is 4.39. The number of aryl methyl sites for hydroxylation is 2. The number of carbonyl (C=O) groups is 3. The molecule has 0 radical (unpaired) electrons. The number of rotatable bonds is 11. The van der Waals surface area contributed by atoms with Crippen molar-refractivity contribution in [1.29, 1.82) is 0 Å². The molecular weight excluding hydrogens is 530 g/mol. The number of β-amino-alcohol motifs (C(OH)–C–C–N with tert-alkyl or cyclic N) is 1. The SMILES string of the molecule is C=CCN(C(=O)[C@H]1[C@H]2C(=O)N(CCO)C(C(=O)N(CC=C)c3c(C)cccc3C)C23CC[C@]1(CC)O3)c1ccccc1. The molecule has 42 heavy (non-hydrogen) atoms. The summed E-state index contributed by atoms with van der Waals surface area (Å²) >= 11 is 0. The van der Waals surface area contributed by atoms with E-state index in [1.807, 2.05) is 69.3 Å². The standard InChI is InChI=1S/C34H41N3O5/c1-6-19-35(25-15-10-9-11-16-25)30(39)26-27-31(40)37(21-22-38)29(34(27)18-17-33(26,8-3)42-34)32(41)36(20-7-2)28-23(4)13-12-14-24(28)5/h6-7,9-16,26-27,29,38H,1-2,8,17-22H2,3-5H3/t26-,27+,29?,33+,34?/m1/s1. The van der Waals surface area contributed by atoms with Crippen LogP contribution < -0.4 is 9.80 Å². The summed E-state index contributed by atoms with van der Waals surface area (Å²) in [5, 5.41) is 10.0. The fraction of sp³-hybridized carbons (Fsp3) is 0.441. The van der Waals surface area contributed by atoms with Crippen molar-refractivity contribution in [1.82, 2.24) is 4.90 Å². The quantitative estimate of drug-likeness (QED) is 0.409. The number of carbonyl (C=O) groups excluding carboxylic acids is 3. The zero-order valence-corrected chi connectivity index (χ0v) is 24.8. The molecule has 1 spiro atoms. The Morgan fingerprint density at radius 2 is 1.64 bits per heavy atom. The second-order valence-electron chi connectivity index (χ2n) is 11.6. The van der Waals surface area contributed by atoms with Crippen LogP contribution in [0.25, 0.3) is 0 Å². The molecule has 8 heteroatoms. The Morgan fingerprint density at radius 3 is 2.24 bits per heavy atom. The van der Waals surface area contributed by atoms with Gasteiger partial charge in [0.2, 0.25) is 11.8 Å². The van der Waals surface area contributed by atoms with Crippen LogP contribution in [-0.4, -0.2) is 71.2 Å². The number of fused-ring (bicyclic) bond motifs is 1. The van der Waals surface area contributed by atoms with E-state index in [0.29, 0.717) is 24.9 Å². The molecule has 0 aromatic heterocycles. The number of amides is 3. The maximum absolute atomic E-state index is 14.7. The van der Waals surface area contributed by atoms with Crippen molar-refractivity contribution in [2.75, 3.05) is 36.0 Å². The van der Waals surface area contributed by atoms with Crippen LogP contribution in [0, 0.1) is 25.7 Å². The van der Waals surface area contributed by atoms with Crippen molar-refractivity contribution in [2.24, 2.45) is 11.8 Å². The first-order chi connectivity index (χ1) is 20.2. The summed E-state index contributed by atoms with van der Waals surface area (Å²) in [5.74, 6) is -2.45. The summed E-state index contributed by atoms with van der Waals surface area (Å²) in [7, 11) is 0. The van der Waals surface area contributed by atoms with Crippen LogP contribution in [0.15, 0.2) is 73.8 Å². The Balaban J connectivity index is 1.63. The Kier molecular flexibility index (Phi) is 8.14. The van der Waals surface area contributed by atoms with E-state index < -0.39 is 29.1 Å². The summed E-state index contributed by atoms with van der Waals surface area (Å²) in [6, 6.07) is 14.2. The monoisotopic (exact) mass is 571 g/mol. The Hall–Kier alpha value is -3.75. The highest BCUT2D eigenvalue weighted by Gasteiger charge is 2.79. The lowest BCUT2D eigenvalue weighted by atomic mass is 9.64. The van der Waals surface area contributed by atoms with Crippen LogP contribution in [0.2, 0.25) is 0 Å². The summed E-state index contributed by atoms with van der Waals surface area (Å²) in [6.07, 6.45) is 4.90. The Morgan fingerprint density at radius 1 is 1.00 bits per heavy atom. The zero-order chi connectivity index (χ0) is 30.2. The molecule has 3 aliphatic rings. The number of para-hydroxylation sites is 2. The van der Waals surface area contributed by atoms with Crippen molar-refractivity contribution in [3.8, 4) is 0 Å². The van der Waals surface area contributed by atoms with E-state index in [-0.39, 0.29) is 44.0 Å². The van der Waals surface area contributed by atoms with Crippen molar-refractivity contribution < 1.29 is 24.2 Å². The van der Waals surface area contributed by atoms with Crippen molar-refractivity contribution in [2.45, 2.75) is 57.3 Å². The van der Waals surface area contributed by atoms with E-state index in [1.165, 1.54) is 4.90 Å². The molecule has 2 aromatic rings. The van der Waals surface area contributed by atoms with Crippen molar-refractivity contribution in [3.63, 3.8) is 0 Å². The fourth-order valence-electron chi connectivity index (χ4n) is 7.75. The first-order valence-corrected chi connectivity index (χ1v) is 14.8. The topological polar surface area (TPSA) is 90.4 Å². The predicted octanol–water partition coefficient (Wildman–Crippen LogP) is 4.19. The second-order valence-corrected chi connectivity index (χ2v) is 11.6.